The van der Waals surface area contributed by atoms with Crippen LogP contribution in [0.4, 0.5) is 0 Å². The van der Waals surface area contributed by atoms with Gasteiger partial charge in [-0.15, -0.1) is 0 Å². The van der Waals surface area contributed by atoms with E-state index in [-0.39, 0.29) is 12.1 Å². The number of carbonyl (C=O) groups is 1. The zero-order chi connectivity index (χ0) is 25.2. The highest BCUT2D eigenvalue weighted by molar-refractivity contribution is 5.69. The van der Waals surface area contributed by atoms with Crippen molar-refractivity contribution in [2.24, 2.45) is 0 Å². The standard InChI is InChI=1S/C30H36O5/c1-5-23-11-15-28(27(20-23)30(32)25-9-7-6-8-10-25)35-22(3)17-18-34-26-14-12-24(21(2)19-26)13-16-29(31)33-4/h6-12,14-15,19-20,22,30,32H,5,13,16-18H2,1-4H3. The van der Waals surface area contributed by atoms with Gasteiger partial charge in [0, 0.05) is 18.4 Å². The van der Waals surface area contributed by atoms with E-state index in [0.717, 1.165) is 40.0 Å². The fourth-order valence-electron chi connectivity index (χ4n) is 3.95. The van der Waals surface area contributed by atoms with Gasteiger partial charge in [0.25, 0.3) is 0 Å². The molecule has 1 N–H and O–H groups in total. The number of benzene rings is 3. The summed E-state index contributed by atoms with van der Waals surface area (Å²) in [5, 5.41) is 11.0. The third-order valence-corrected chi connectivity index (χ3v) is 6.15. The number of rotatable bonds is 12. The molecule has 35 heavy (non-hydrogen) atoms. The molecule has 0 spiro atoms. The number of aryl methyl sites for hydroxylation is 3. The molecule has 2 unspecified atom stereocenters. The third kappa shape index (κ3) is 7.59. The highest BCUT2D eigenvalue weighted by atomic mass is 16.5. The van der Waals surface area contributed by atoms with Crippen molar-refractivity contribution in [2.75, 3.05) is 13.7 Å². The monoisotopic (exact) mass is 476 g/mol. The summed E-state index contributed by atoms with van der Waals surface area (Å²) < 4.78 is 16.9. The Kier molecular flexibility index (Phi) is 9.74. The van der Waals surface area contributed by atoms with Gasteiger partial charge in [-0.25, -0.2) is 0 Å². The summed E-state index contributed by atoms with van der Waals surface area (Å²) in [5.41, 5.74) is 4.97. The second-order valence-corrected chi connectivity index (χ2v) is 8.77. The summed E-state index contributed by atoms with van der Waals surface area (Å²) in [5.74, 6) is 1.28. The minimum Gasteiger partial charge on any atom is -0.493 e. The van der Waals surface area contributed by atoms with Crippen molar-refractivity contribution in [3.05, 3.63) is 94.5 Å². The Morgan fingerprint density at radius 2 is 1.80 bits per heavy atom. The number of hydrogen-bond donors (Lipinski definition) is 1. The second-order valence-electron chi connectivity index (χ2n) is 8.77. The lowest BCUT2D eigenvalue weighted by Crippen LogP contribution is -2.17. The lowest BCUT2D eigenvalue weighted by atomic mass is 9.98. The molecule has 0 aromatic heterocycles. The molecule has 0 amide bonds. The van der Waals surface area contributed by atoms with Crippen LogP contribution in [0, 0.1) is 6.92 Å². The molecular formula is C30H36O5. The van der Waals surface area contributed by atoms with Crippen molar-refractivity contribution in [2.45, 2.75) is 58.7 Å². The van der Waals surface area contributed by atoms with Gasteiger partial charge in [0.15, 0.2) is 0 Å². The Morgan fingerprint density at radius 1 is 1.03 bits per heavy atom. The molecule has 0 aliphatic carbocycles. The van der Waals surface area contributed by atoms with E-state index in [2.05, 4.69) is 6.92 Å². The van der Waals surface area contributed by atoms with Crippen LogP contribution in [0.25, 0.3) is 0 Å². The van der Waals surface area contributed by atoms with E-state index >= 15 is 0 Å². The second kappa shape index (κ2) is 13.0. The summed E-state index contributed by atoms with van der Waals surface area (Å²) in [6, 6.07) is 21.6. The van der Waals surface area contributed by atoms with Gasteiger partial charge in [0.1, 0.15) is 17.6 Å². The van der Waals surface area contributed by atoms with Crippen molar-refractivity contribution in [1.82, 2.24) is 0 Å². The van der Waals surface area contributed by atoms with Crippen LogP contribution >= 0.6 is 0 Å². The molecule has 0 heterocycles. The molecule has 3 aromatic carbocycles. The molecule has 186 valence electrons. The molecule has 0 radical (unpaired) electrons. The van der Waals surface area contributed by atoms with E-state index in [4.69, 9.17) is 14.2 Å². The molecular weight excluding hydrogens is 440 g/mol. The molecule has 0 bridgehead atoms. The first-order chi connectivity index (χ1) is 16.9. The highest BCUT2D eigenvalue weighted by Gasteiger charge is 2.18. The Hall–Kier alpha value is -3.31. The lowest BCUT2D eigenvalue weighted by molar-refractivity contribution is -0.140. The molecule has 2 atom stereocenters. The van der Waals surface area contributed by atoms with Crippen molar-refractivity contribution < 1.29 is 24.1 Å². The molecule has 3 aromatic rings. The predicted octanol–water partition coefficient (Wildman–Crippen LogP) is 5.98. The Bertz CT molecular complexity index is 1090. The number of aliphatic hydroxyl groups is 1. The maximum Gasteiger partial charge on any atom is 0.305 e. The SMILES string of the molecule is CCc1ccc(OC(C)CCOc2ccc(CCC(=O)OC)c(C)c2)c(C(O)c2ccccc2)c1. The third-order valence-electron chi connectivity index (χ3n) is 6.15. The Morgan fingerprint density at radius 3 is 2.49 bits per heavy atom. The van der Waals surface area contributed by atoms with E-state index in [1.54, 1.807) is 0 Å². The maximum atomic E-state index is 11.4. The number of methoxy groups -OCH3 is 1. The molecule has 0 aliphatic heterocycles. The average Bonchev–Trinajstić information content (AvgIpc) is 2.88. The molecule has 3 rings (SSSR count). The van der Waals surface area contributed by atoms with Crippen LogP contribution < -0.4 is 9.47 Å². The number of carbonyl (C=O) groups excluding carboxylic acids is 1. The van der Waals surface area contributed by atoms with Gasteiger partial charge in [-0.2, -0.15) is 0 Å². The maximum absolute atomic E-state index is 11.4. The van der Waals surface area contributed by atoms with Gasteiger partial charge < -0.3 is 19.3 Å². The van der Waals surface area contributed by atoms with Gasteiger partial charge in [0.2, 0.25) is 0 Å². The molecule has 0 saturated heterocycles. The van der Waals surface area contributed by atoms with Gasteiger partial charge in [0.05, 0.1) is 19.8 Å². The Balaban J connectivity index is 1.58. The van der Waals surface area contributed by atoms with Crippen molar-refractivity contribution in [3.63, 3.8) is 0 Å². The van der Waals surface area contributed by atoms with Gasteiger partial charge >= 0.3 is 5.97 Å². The largest absolute Gasteiger partial charge is 0.493 e. The van der Waals surface area contributed by atoms with Crippen molar-refractivity contribution >= 4 is 5.97 Å². The van der Waals surface area contributed by atoms with Gasteiger partial charge in [-0.3, -0.25) is 4.79 Å². The highest BCUT2D eigenvalue weighted by Crippen LogP contribution is 2.32. The van der Waals surface area contributed by atoms with E-state index in [9.17, 15) is 9.90 Å². The number of esters is 1. The topological polar surface area (TPSA) is 65.0 Å². The molecule has 0 aliphatic rings. The van der Waals surface area contributed by atoms with Crippen LogP contribution in [0.5, 0.6) is 11.5 Å². The molecule has 5 nitrogen and oxygen atoms in total. The van der Waals surface area contributed by atoms with Crippen LogP contribution in [-0.4, -0.2) is 30.9 Å². The predicted molar refractivity (Wildman–Crippen MR) is 138 cm³/mol. The van der Waals surface area contributed by atoms with Crippen LogP contribution in [-0.2, 0) is 22.4 Å². The quantitative estimate of drug-likeness (QED) is 0.326. The van der Waals surface area contributed by atoms with E-state index in [1.807, 2.05) is 80.6 Å². The fraction of sp³-hybridized carbons (Fsp3) is 0.367. The van der Waals surface area contributed by atoms with Crippen molar-refractivity contribution in [1.29, 1.82) is 0 Å². The minimum atomic E-state index is -0.748. The first-order valence-corrected chi connectivity index (χ1v) is 12.2. The average molecular weight is 477 g/mol. The first-order valence-electron chi connectivity index (χ1n) is 12.2. The fourth-order valence-corrected chi connectivity index (χ4v) is 3.95. The summed E-state index contributed by atoms with van der Waals surface area (Å²) in [6.45, 7) is 6.63. The molecule has 0 saturated carbocycles. The van der Waals surface area contributed by atoms with Gasteiger partial charge in [-0.1, -0.05) is 49.4 Å². The van der Waals surface area contributed by atoms with Crippen LogP contribution in [0.15, 0.2) is 66.7 Å². The normalized spacial score (nSPS) is 12.6. The minimum absolute atomic E-state index is 0.0929. The first kappa shape index (κ1) is 26.3. The van der Waals surface area contributed by atoms with Crippen LogP contribution in [0.2, 0.25) is 0 Å². The zero-order valence-corrected chi connectivity index (χ0v) is 21.1. The summed E-state index contributed by atoms with van der Waals surface area (Å²) in [7, 11) is 1.41. The summed E-state index contributed by atoms with van der Waals surface area (Å²) >= 11 is 0. The number of aliphatic hydroxyl groups excluding tert-OH is 1. The van der Waals surface area contributed by atoms with Crippen molar-refractivity contribution in [3.8, 4) is 11.5 Å². The molecule has 5 heteroatoms. The van der Waals surface area contributed by atoms with Crippen LogP contribution in [0.3, 0.4) is 0 Å². The van der Waals surface area contributed by atoms with E-state index in [0.29, 0.717) is 31.6 Å². The summed E-state index contributed by atoms with van der Waals surface area (Å²) in [4.78, 5) is 11.4. The smallest absolute Gasteiger partial charge is 0.305 e. The molecule has 0 fully saturated rings. The lowest BCUT2D eigenvalue weighted by Gasteiger charge is -2.21. The Labute approximate surface area is 208 Å². The zero-order valence-electron chi connectivity index (χ0n) is 21.1. The summed E-state index contributed by atoms with van der Waals surface area (Å²) in [6.07, 6.45) is 1.76. The number of ether oxygens (including phenoxy) is 3. The van der Waals surface area contributed by atoms with Gasteiger partial charge in [-0.05, 0) is 73.2 Å². The van der Waals surface area contributed by atoms with E-state index < -0.39 is 6.10 Å². The van der Waals surface area contributed by atoms with Crippen LogP contribution in [0.1, 0.15) is 60.6 Å². The van der Waals surface area contributed by atoms with E-state index in [1.165, 1.54) is 7.11 Å². The number of hydrogen-bond acceptors (Lipinski definition) is 5.